The van der Waals surface area contributed by atoms with E-state index in [0.29, 0.717) is 12.2 Å². The third-order valence-electron chi connectivity index (χ3n) is 2.80. The highest BCUT2D eigenvalue weighted by atomic mass is 79.9. The van der Waals surface area contributed by atoms with Gasteiger partial charge in [-0.1, -0.05) is 28.1 Å². The fourth-order valence-corrected chi connectivity index (χ4v) is 2.35. The van der Waals surface area contributed by atoms with Crippen LogP contribution in [-0.2, 0) is 18.3 Å². The molecule has 18 heavy (non-hydrogen) atoms. The number of aromatic nitrogens is 2. The lowest BCUT2D eigenvalue weighted by Crippen LogP contribution is -2.18. The Bertz CT molecular complexity index is 566. The number of hydrogen-bond acceptors (Lipinski definition) is 2. The Morgan fingerprint density at radius 3 is 2.89 bits per heavy atom. The first-order valence-corrected chi connectivity index (χ1v) is 6.31. The zero-order valence-corrected chi connectivity index (χ0v) is 11.5. The van der Waals surface area contributed by atoms with Crippen LogP contribution in [0.2, 0.25) is 0 Å². The van der Waals surface area contributed by atoms with Crippen molar-refractivity contribution in [3.63, 3.8) is 0 Å². The van der Waals surface area contributed by atoms with Crippen molar-refractivity contribution in [2.45, 2.75) is 12.3 Å². The van der Waals surface area contributed by atoms with E-state index < -0.39 is 11.9 Å². The van der Waals surface area contributed by atoms with E-state index in [1.54, 1.807) is 24.0 Å². The minimum absolute atomic E-state index is 0.430. The van der Waals surface area contributed by atoms with Gasteiger partial charge in [0.1, 0.15) is 11.7 Å². The second-order valence-electron chi connectivity index (χ2n) is 4.12. The summed E-state index contributed by atoms with van der Waals surface area (Å²) in [5.41, 5.74) is 0.972. The Balaban J connectivity index is 2.28. The zero-order chi connectivity index (χ0) is 13.1. The molecule has 1 heterocycles. The lowest BCUT2D eigenvalue weighted by atomic mass is 9.99. The van der Waals surface area contributed by atoms with E-state index in [9.17, 15) is 9.90 Å². The molecule has 0 aliphatic rings. The predicted molar refractivity (Wildman–Crippen MR) is 71.4 cm³/mol. The molecule has 0 aliphatic heterocycles. The molecule has 2 aromatic rings. The quantitative estimate of drug-likeness (QED) is 0.944. The predicted octanol–water partition coefficient (Wildman–Crippen LogP) is 2.59. The van der Waals surface area contributed by atoms with Gasteiger partial charge in [-0.2, -0.15) is 0 Å². The summed E-state index contributed by atoms with van der Waals surface area (Å²) in [7, 11) is 1.80. The van der Waals surface area contributed by atoms with Crippen molar-refractivity contribution in [2.24, 2.45) is 7.05 Å². The fraction of sp³-hybridized carbons (Fsp3) is 0.231. The van der Waals surface area contributed by atoms with Gasteiger partial charge >= 0.3 is 5.97 Å². The molecule has 0 amide bonds. The molecule has 1 N–H and O–H groups in total. The molecule has 2 rings (SSSR count). The average Bonchev–Trinajstić information content (AvgIpc) is 2.72. The number of carbonyl (C=O) groups is 1. The number of hydrogen-bond donors (Lipinski definition) is 1. The number of nitrogens with zero attached hydrogens (tertiary/aromatic N) is 2. The fourth-order valence-electron chi connectivity index (χ4n) is 1.90. The van der Waals surface area contributed by atoms with Gasteiger partial charge in [0.15, 0.2) is 0 Å². The molecule has 1 aromatic carbocycles. The number of carboxylic acid groups (broad SMARTS) is 1. The van der Waals surface area contributed by atoms with E-state index in [2.05, 4.69) is 20.9 Å². The van der Waals surface area contributed by atoms with Crippen molar-refractivity contribution in [3.8, 4) is 0 Å². The standard InChI is InChI=1S/C13H13BrN2O2/c1-16-6-5-15-12(16)11(13(17)18)8-9-3-2-4-10(14)7-9/h2-7,11H,8H2,1H3,(H,17,18). The van der Waals surface area contributed by atoms with Gasteiger partial charge in [-0.3, -0.25) is 4.79 Å². The number of aliphatic carboxylic acids is 1. The number of halogens is 1. The number of benzene rings is 1. The molecule has 1 aromatic heterocycles. The van der Waals surface area contributed by atoms with Crippen LogP contribution in [0.3, 0.4) is 0 Å². The molecular weight excluding hydrogens is 296 g/mol. The van der Waals surface area contributed by atoms with Crippen LogP contribution in [0.15, 0.2) is 41.1 Å². The van der Waals surface area contributed by atoms with Gasteiger partial charge in [0.2, 0.25) is 0 Å². The first-order chi connectivity index (χ1) is 8.58. The van der Waals surface area contributed by atoms with Crippen molar-refractivity contribution < 1.29 is 9.90 Å². The van der Waals surface area contributed by atoms with Gasteiger partial charge < -0.3 is 9.67 Å². The van der Waals surface area contributed by atoms with Crippen LogP contribution in [0.4, 0.5) is 0 Å². The van der Waals surface area contributed by atoms with E-state index in [0.717, 1.165) is 10.0 Å². The van der Waals surface area contributed by atoms with E-state index in [1.165, 1.54) is 0 Å². The Kier molecular flexibility index (Phi) is 3.81. The number of rotatable bonds is 4. The number of aryl methyl sites for hydroxylation is 1. The Morgan fingerprint density at radius 2 is 2.33 bits per heavy atom. The maximum absolute atomic E-state index is 11.4. The Labute approximate surface area is 113 Å². The Morgan fingerprint density at radius 1 is 1.56 bits per heavy atom. The van der Waals surface area contributed by atoms with E-state index >= 15 is 0 Å². The minimum Gasteiger partial charge on any atom is -0.481 e. The van der Waals surface area contributed by atoms with Gasteiger partial charge in [-0.25, -0.2) is 4.98 Å². The molecule has 5 heteroatoms. The van der Waals surface area contributed by atoms with Crippen LogP contribution in [0.5, 0.6) is 0 Å². The van der Waals surface area contributed by atoms with Crippen molar-refractivity contribution >= 4 is 21.9 Å². The molecule has 0 radical (unpaired) electrons. The van der Waals surface area contributed by atoms with Crippen LogP contribution in [0, 0.1) is 0 Å². The smallest absolute Gasteiger partial charge is 0.314 e. The second kappa shape index (κ2) is 5.35. The lowest BCUT2D eigenvalue weighted by molar-refractivity contribution is -0.139. The largest absolute Gasteiger partial charge is 0.481 e. The summed E-state index contributed by atoms with van der Waals surface area (Å²) in [6, 6.07) is 7.67. The highest BCUT2D eigenvalue weighted by molar-refractivity contribution is 9.10. The van der Waals surface area contributed by atoms with Crippen LogP contribution in [-0.4, -0.2) is 20.6 Å². The summed E-state index contributed by atoms with van der Waals surface area (Å²) >= 11 is 3.38. The zero-order valence-electron chi connectivity index (χ0n) is 9.88. The molecule has 0 saturated heterocycles. The maximum Gasteiger partial charge on any atom is 0.314 e. The molecule has 0 aliphatic carbocycles. The third-order valence-corrected chi connectivity index (χ3v) is 3.29. The van der Waals surface area contributed by atoms with E-state index in [4.69, 9.17) is 0 Å². The molecule has 0 bridgehead atoms. The van der Waals surface area contributed by atoms with Crippen molar-refractivity contribution in [2.75, 3.05) is 0 Å². The molecule has 0 spiro atoms. The summed E-state index contributed by atoms with van der Waals surface area (Å²) in [6.07, 6.45) is 3.80. The number of imidazole rings is 1. The van der Waals surface area contributed by atoms with Crippen LogP contribution < -0.4 is 0 Å². The summed E-state index contributed by atoms with van der Waals surface area (Å²) in [5.74, 6) is -0.911. The van der Waals surface area contributed by atoms with Gasteiger partial charge in [0.05, 0.1) is 0 Å². The average molecular weight is 309 g/mol. The lowest BCUT2D eigenvalue weighted by Gasteiger charge is -2.12. The van der Waals surface area contributed by atoms with Crippen molar-refractivity contribution in [3.05, 3.63) is 52.5 Å². The van der Waals surface area contributed by atoms with Gasteiger partial charge in [0.25, 0.3) is 0 Å². The molecule has 94 valence electrons. The highest BCUT2D eigenvalue weighted by Gasteiger charge is 2.24. The molecule has 1 atom stereocenters. The normalized spacial score (nSPS) is 12.3. The highest BCUT2D eigenvalue weighted by Crippen LogP contribution is 2.21. The second-order valence-corrected chi connectivity index (χ2v) is 5.04. The summed E-state index contributed by atoms with van der Waals surface area (Å²) in [6.45, 7) is 0. The van der Waals surface area contributed by atoms with Crippen LogP contribution in [0.25, 0.3) is 0 Å². The topological polar surface area (TPSA) is 55.1 Å². The SMILES string of the molecule is Cn1ccnc1C(Cc1cccc(Br)c1)C(=O)O. The number of carboxylic acids is 1. The molecule has 1 unspecified atom stereocenters. The van der Waals surface area contributed by atoms with Crippen LogP contribution in [0.1, 0.15) is 17.3 Å². The molecular formula is C13H13BrN2O2. The molecule has 4 nitrogen and oxygen atoms in total. The van der Waals surface area contributed by atoms with E-state index in [1.807, 2.05) is 24.3 Å². The first-order valence-electron chi connectivity index (χ1n) is 5.52. The van der Waals surface area contributed by atoms with Crippen LogP contribution >= 0.6 is 15.9 Å². The Hall–Kier alpha value is -1.62. The summed E-state index contributed by atoms with van der Waals surface area (Å²) in [4.78, 5) is 15.5. The molecule has 0 saturated carbocycles. The first kappa shape index (κ1) is 12.8. The van der Waals surface area contributed by atoms with Gasteiger partial charge in [0, 0.05) is 23.9 Å². The minimum atomic E-state index is -0.857. The van der Waals surface area contributed by atoms with Crippen molar-refractivity contribution in [1.82, 2.24) is 9.55 Å². The van der Waals surface area contributed by atoms with Gasteiger partial charge in [-0.15, -0.1) is 0 Å². The molecule has 0 fully saturated rings. The van der Waals surface area contributed by atoms with E-state index in [-0.39, 0.29) is 0 Å². The third kappa shape index (κ3) is 2.79. The maximum atomic E-state index is 11.4. The summed E-state index contributed by atoms with van der Waals surface area (Å²) in [5, 5.41) is 9.34. The monoisotopic (exact) mass is 308 g/mol. The summed E-state index contributed by atoms with van der Waals surface area (Å²) < 4.78 is 2.69. The van der Waals surface area contributed by atoms with Gasteiger partial charge in [-0.05, 0) is 24.1 Å². The van der Waals surface area contributed by atoms with Crippen molar-refractivity contribution in [1.29, 1.82) is 0 Å².